The summed E-state index contributed by atoms with van der Waals surface area (Å²) in [4.78, 5) is 0. The fraction of sp³-hybridized carbons (Fsp3) is 1.00. The molecule has 3 rings (SSSR count). The number of hydrogen-bond acceptors (Lipinski definition) is 4. The summed E-state index contributed by atoms with van der Waals surface area (Å²) in [5.41, 5.74) is 0.0713. The Morgan fingerprint density at radius 1 is 1.24 bits per heavy atom. The van der Waals surface area contributed by atoms with E-state index in [9.17, 15) is 5.11 Å². The molecule has 1 aliphatic heterocycles. The smallest absolute Gasteiger partial charge is 0.0623 e. The summed E-state index contributed by atoms with van der Waals surface area (Å²) in [7, 11) is 0. The largest absolute Gasteiger partial charge is 0.393 e. The molecule has 0 spiro atoms. The van der Waals surface area contributed by atoms with Crippen molar-refractivity contribution >= 4 is 0 Å². The van der Waals surface area contributed by atoms with E-state index in [1.807, 2.05) is 0 Å². The highest BCUT2D eigenvalue weighted by Gasteiger charge is 2.39. The molecular formula is C17H32N2O2. The van der Waals surface area contributed by atoms with E-state index in [0.29, 0.717) is 18.0 Å². The normalized spacial score (nSPS) is 44.9. The van der Waals surface area contributed by atoms with Crippen LogP contribution in [-0.4, -0.2) is 49.6 Å². The minimum Gasteiger partial charge on any atom is -0.393 e. The molecule has 2 saturated carbocycles. The van der Waals surface area contributed by atoms with E-state index in [-0.39, 0.29) is 11.5 Å². The van der Waals surface area contributed by atoms with Gasteiger partial charge >= 0.3 is 0 Å². The Morgan fingerprint density at radius 3 is 2.90 bits per heavy atom. The van der Waals surface area contributed by atoms with Crippen LogP contribution >= 0.6 is 0 Å². The van der Waals surface area contributed by atoms with E-state index < -0.39 is 0 Å². The average molecular weight is 296 g/mol. The molecule has 0 aromatic rings. The molecule has 0 radical (unpaired) electrons. The van der Waals surface area contributed by atoms with Gasteiger partial charge in [0.25, 0.3) is 0 Å². The quantitative estimate of drug-likeness (QED) is 0.739. The molecule has 1 heterocycles. The zero-order chi connectivity index (χ0) is 14.7. The average Bonchev–Trinajstić information content (AvgIpc) is 2.98. The second kappa shape index (κ2) is 6.95. The Balaban J connectivity index is 1.53. The number of rotatable bonds is 4. The highest BCUT2D eigenvalue weighted by atomic mass is 16.5. The Bertz CT molecular complexity index is 333. The highest BCUT2D eigenvalue weighted by molar-refractivity contribution is 4.95. The number of aliphatic hydroxyl groups is 1. The van der Waals surface area contributed by atoms with Crippen LogP contribution in [0.2, 0.25) is 0 Å². The lowest BCUT2D eigenvalue weighted by Gasteiger charge is -2.40. The van der Waals surface area contributed by atoms with Gasteiger partial charge in [-0.05, 0) is 31.6 Å². The summed E-state index contributed by atoms with van der Waals surface area (Å²) >= 11 is 0. The summed E-state index contributed by atoms with van der Waals surface area (Å²) in [6.07, 6.45) is 8.35. The van der Waals surface area contributed by atoms with Gasteiger partial charge in [0.1, 0.15) is 0 Å². The van der Waals surface area contributed by atoms with Crippen molar-refractivity contribution < 1.29 is 9.84 Å². The molecule has 3 aliphatic rings. The van der Waals surface area contributed by atoms with E-state index in [1.54, 1.807) is 0 Å². The van der Waals surface area contributed by atoms with Crippen LogP contribution in [0, 0.1) is 11.3 Å². The molecule has 4 nitrogen and oxygen atoms in total. The molecule has 5 unspecified atom stereocenters. The maximum Gasteiger partial charge on any atom is 0.0623 e. The number of nitrogens with one attached hydrogen (secondary N) is 2. The first-order chi connectivity index (χ1) is 10.2. The number of morpholine rings is 1. The van der Waals surface area contributed by atoms with Crippen LogP contribution in [-0.2, 0) is 4.74 Å². The molecular weight excluding hydrogens is 264 g/mol. The summed E-state index contributed by atoms with van der Waals surface area (Å²) in [5.74, 6) is 0.689. The summed E-state index contributed by atoms with van der Waals surface area (Å²) in [6.45, 7) is 5.93. The van der Waals surface area contributed by atoms with Crippen LogP contribution in [0.15, 0.2) is 0 Å². The van der Waals surface area contributed by atoms with E-state index in [2.05, 4.69) is 17.6 Å². The second-order valence-corrected chi connectivity index (χ2v) is 7.63. The lowest BCUT2D eigenvalue weighted by atomic mass is 9.73. The maximum absolute atomic E-state index is 10.3. The van der Waals surface area contributed by atoms with E-state index in [0.717, 1.165) is 39.1 Å². The zero-order valence-corrected chi connectivity index (χ0v) is 13.4. The van der Waals surface area contributed by atoms with E-state index in [4.69, 9.17) is 4.74 Å². The Kier molecular flexibility index (Phi) is 5.20. The van der Waals surface area contributed by atoms with Gasteiger partial charge in [0.2, 0.25) is 0 Å². The van der Waals surface area contributed by atoms with Crippen molar-refractivity contribution in [2.45, 2.75) is 70.1 Å². The van der Waals surface area contributed by atoms with Crippen LogP contribution in [0.1, 0.15) is 51.9 Å². The summed E-state index contributed by atoms with van der Waals surface area (Å²) in [5, 5.41) is 17.8. The molecule has 4 heteroatoms. The zero-order valence-electron chi connectivity index (χ0n) is 13.4. The van der Waals surface area contributed by atoms with Crippen molar-refractivity contribution in [2.75, 3.05) is 26.3 Å². The van der Waals surface area contributed by atoms with Gasteiger partial charge in [-0.15, -0.1) is 0 Å². The monoisotopic (exact) mass is 296 g/mol. The van der Waals surface area contributed by atoms with E-state index >= 15 is 0 Å². The first-order valence-electron chi connectivity index (χ1n) is 8.92. The minimum absolute atomic E-state index is 0.0713. The van der Waals surface area contributed by atoms with Crippen LogP contribution in [0.5, 0.6) is 0 Å². The van der Waals surface area contributed by atoms with Gasteiger partial charge in [-0.2, -0.15) is 0 Å². The number of ether oxygens (including phenoxy) is 1. The first kappa shape index (κ1) is 15.7. The highest BCUT2D eigenvalue weighted by Crippen LogP contribution is 2.37. The molecule has 0 amide bonds. The minimum atomic E-state index is -0.130. The van der Waals surface area contributed by atoms with Crippen molar-refractivity contribution in [2.24, 2.45) is 11.3 Å². The molecule has 21 heavy (non-hydrogen) atoms. The molecule has 0 bridgehead atoms. The van der Waals surface area contributed by atoms with Crippen molar-refractivity contribution in [1.29, 1.82) is 0 Å². The third-order valence-electron chi connectivity index (χ3n) is 6.08. The topological polar surface area (TPSA) is 53.5 Å². The van der Waals surface area contributed by atoms with Crippen molar-refractivity contribution in [3.05, 3.63) is 0 Å². The molecule has 2 aliphatic carbocycles. The van der Waals surface area contributed by atoms with Gasteiger partial charge < -0.3 is 20.5 Å². The molecule has 0 aromatic carbocycles. The molecule has 3 N–H and O–H groups in total. The fourth-order valence-corrected chi connectivity index (χ4v) is 4.54. The third kappa shape index (κ3) is 3.61. The summed E-state index contributed by atoms with van der Waals surface area (Å²) < 4.78 is 5.64. The first-order valence-corrected chi connectivity index (χ1v) is 8.92. The fourth-order valence-electron chi connectivity index (χ4n) is 4.54. The van der Waals surface area contributed by atoms with Crippen LogP contribution in [0.4, 0.5) is 0 Å². The van der Waals surface area contributed by atoms with Gasteiger partial charge in [-0.3, -0.25) is 0 Å². The Hall–Kier alpha value is -0.160. The molecule has 3 fully saturated rings. The standard InChI is InChI=1S/C17H32N2O2/c1-17(8-3-2-7-16(17)20)12-19-14-6-4-5-13(14)15-11-21-10-9-18-15/h13-16,18-20H,2-12H2,1H3. The lowest BCUT2D eigenvalue weighted by Crippen LogP contribution is -2.53. The van der Waals surface area contributed by atoms with Gasteiger partial charge in [0.15, 0.2) is 0 Å². The van der Waals surface area contributed by atoms with Gasteiger partial charge in [-0.1, -0.05) is 26.2 Å². The number of hydrogen-bond donors (Lipinski definition) is 3. The third-order valence-corrected chi connectivity index (χ3v) is 6.08. The van der Waals surface area contributed by atoms with E-state index in [1.165, 1.54) is 32.1 Å². The van der Waals surface area contributed by atoms with Crippen LogP contribution in [0.25, 0.3) is 0 Å². The molecule has 1 saturated heterocycles. The van der Waals surface area contributed by atoms with Crippen molar-refractivity contribution in [3.63, 3.8) is 0 Å². The predicted octanol–water partition coefficient (Wildman–Crippen LogP) is 1.67. The van der Waals surface area contributed by atoms with Crippen molar-refractivity contribution in [3.8, 4) is 0 Å². The maximum atomic E-state index is 10.3. The Labute approximate surface area is 129 Å². The van der Waals surface area contributed by atoms with Crippen LogP contribution < -0.4 is 10.6 Å². The Morgan fingerprint density at radius 2 is 2.14 bits per heavy atom. The van der Waals surface area contributed by atoms with Gasteiger partial charge in [0, 0.05) is 30.6 Å². The predicted molar refractivity (Wildman–Crippen MR) is 84.3 cm³/mol. The van der Waals surface area contributed by atoms with Gasteiger partial charge in [0.05, 0.1) is 19.3 Å². The SMILES string of the molecule is CC1(CNC2CCCC2C2COCCN2)CCCCC1O. The molecule has 0 aromatic heterocycles. The van der Waals surface area contributed by atoms with Gasteiger partial charge in [-0.25, -0.2) is 0 Å². The van der Waals surface area contributed by atoms with Crippen molar-refractivity contribution in [1.82, 2.24) is 10.6 Å². The molecule has 5 atom stereocenters. The number of aliphatic hydroxyl groups excluding tert-OH is 1. The summed E-state index contributed by atoms with van der Waals surface area (Å²) in [6, 6.07) is 1.11. The second-order valence-electron chi connectivity index (χ2n) is 7.63. The lowest BCUT2D eigenvalue weighted by molar-refractivity contribution is -0.00274. The molecule has 122 valence electrons. The van der Waals surface area contributed by atoms with Crippen LogP contribution in [0.3, 0.4) is 0 Å².